The number of amides is 1. The molecule has 1 atom stereocenters. The average Bonchev–Trinajstić information content (AvgIpc) is 3.24. The van der Waals surface area contributed by atoms with Crippen molar-refractivity contribution in [2.24, 2.45) is 0 Å². The highest BCUT2D eigenvalue weighted by molar-refractivity contribution is 5.85. The summed E-state index contributed by atoms with van der Waals surface area (Å²) < 4.78 is 2.01. The highest BCUT2D eigenvalue weighted by Crippen LogP contribution is 2.31. The molecule has 0 bridgehead atoms. The van der Waals surface area contributed by atoms with E-state index in [1.807, 2.05) is 33.9 Å². The molecule has 0 spiro atoms. The fraction of sp³-hybridized carbons (Fsp3) is 0.154. The molecule has 3 aromatic carbocycles. The Kier molecular flexibility index (Phi) is 4.68. The first-order valence-corrected chi connectivity index (χ1v) is 10.2. The standard InChI is InChI=1S/C26H23N3O/c1-19-7-9-20(10-8-19)16-28-17-24-15-27-18-29(24)25(26(28)30)23-13-11-22(12-14-23)21-5-3-2-4-6-21/h2-15,18,25H,16-17H2,1H3. The summed E-state index contributed by atoms with van der Waals surface area (Å²) >= 11 is 0. The van der Waals surface area contributed by atoms with Crippen LogP contribution in [0.3, 0.4) is 0 Å². The largest absolute Gasteiger partial charge is 0.330 e. The van der Waals surface area contributed by atoms with E-state index in [1.165, 1.54) is 11.1 Å². The van der Waals surface area contributed by atoms with E-state index in [-0.39, 0.29) is 11.9 Å². The number of aryl methyl sites for hydroxylation is 1. The molecule has 1 unspecified atom stereocenters. The normalized spacial score (nSPS) is 15.8. The van der Waals surface area contributed by atoms with Crippen LogP contribution in [0.1, 0.15) is 28.4 Å². The summed E-state index contributed by atoms with van der Waals surface area (Å²) in [5.41, 5.74) is 6.71. The fourth-order valence-electron chi connectivity index (χ4n) is 4.09. The third-order valence-corrected chi connectivity index (χ3v) is 5.75. The van der Waals surface area contributed by atoms with Crippen molar-refractivity contribution in [3.8, 4) is 11.1 Å². The fourth-order valence-corrected chi connectivity index (χ4v) is 4.09. The van der Waals surface area contributed by atoms with E-state index in [4.69, 9.17) is 0 Å². The molecule has 1 amide bonds. The van der Waals surface area contributed by atoms with Gasteiger partial charge in [0.25, 0.3) is 5.91 Å². The first kappa shape index (κ1) is 18.4. The van der Waals surface area contributed by atoms with Crippen molar-refractivity contribution < 1.29 is 4.79 Å². The number of rotatable bonds is 4. The van der Waals surface area contributed by atoms with E-state index in [1.54, 1.807) is 6.33 Å². The van der Waals surface area contributed by atoms with Gasteiger partial charge in [-0.15, -0.1) is 0 Å². The number of carbonyl (C=O) groups excluding carboxylic acids is 1. The number of hydrogen-bond acceptors (Lipinski definition) is 2. The number of nitrogens with zero attached hydrogens (tertiary/aromatic N) is 3. The molecule has 4 heteroatoms. The lowest BCUT2D eigenvalue weighted by atomic mass is 9.98. The third kappa shape index (κ3) is 3.41. The Labute approximate surface area is 176 Å². The first-order valence-electron chi connectivity index (χ1n) is 10.2. The van der Waals surface area contributed by atoms with Crippen LogP contribution in [0, 0.1) is 6.92 Å². The van der Waals surface area contributed by atoms with Crippen molar-refractivity contribution in [2.45, 2.75) is 26.1 Å². The molecule has 1 aliphatic heterocycles. The van der Waals surface area contributed by atoms with Gasteiger partial charge in [0, 0.05) is 12.7 Å². The molecule has 0 saturated heterocycles. The van der Waals surface area contributed by atoms with Gasteiger partial charge >= 0.3 is 0 Å². The van der Waals surface area contributed by atoms with Gasteiger partial charge in [-0.05, 0) is 29.2 Å². The Morgan fingerprint density at radius 3 is 2.33 bits per heavy atom. The second kappa shape index (κ2) is 7.64. The quantitative estimate of drug-likeness (QED) is 0.490. The maximum absolute atomic E-state index is 13.5. The lowest BCUT2D eigenvalue weighted by Gasteiger charge is -2.34. The third-order valence-electron chi connectivity index (χ3n) is 5.75. The minimum atomic E-state index is -0.383. The van der Waals surface area contributed by atoms with Crippen molar-refractivity contribution in [1.29, 1.82) is 0 Å². The number of aromatic nitrogens is 2. The summed E-state index contributed by atoms with van der Waals surface area (Å²) in [4.78, 5) is 19.7. The Morgan fingerprint density at radius 1 is 0.900 bits per heavy atom. The van der Waals surface area contributed by atoms with Crippen LogP contribution in [-0.4, -0.2) is 20.4 Å². The lowest BCUT2D eigenvalue weighted by Crippen LogP contribution is -2.42. The Balaban J connectivity index is 1.46. The molecule has 1 aliphatic rings. The zero-order valence-corrected chi connectivity index (χ0v) is 16.9. The summed E-state index contributed by atoms with van der Waals surface area (Å²) in [5.74, 6) is 0.105. The first-order chi connectivity index (χ1) is 14.7. The Bertz CT molecular complexity index is 1160. The van der Waals surface area contributed by atoms with Crippen LogP contribution >= 0.6 is 0 Å². The zero-order valence-electron chi connectivity index (χ0n) is 16.9. The second-order valence-corrected chi connectivity index (χ2v) is 7.86. The maximum atomic E-state index is 13.5. The van der Waals surface area contributed by atoms with E-state index in [2.05, 4.69) is 72.6 Å². The van der Waals surface area contributed by atoms with Gasteiger partial charge in [-0.1, -0.05) is 84.4 Å². The topological polar surface area (TPSA) is 38.1 Å². The lowest BCUT2D eigenvalue weighted by molar-refractivity contribution is -0.136. The molecule has 2 heterocycles. The van der Waals surface area contributed by atoms with Gasteiger partial charge in [0.2, 0.25) is 0 Å². The molecule has 0 radical (unpaired) electrons. The van der Waals surface area contributed by atoms with Gasteiger partial charge in [-0.2, -0.15) is 0 Å². The summed E-state index contributed by atoms with van der Waals surface area (Å²) in [6.45, 7) is 3.25. The second-order valence-electron chi connectivity index (χ2n) is 7.86. The van der Waals surface area contributed by atoms with E-state index >= 15 is 0 Å². The molecule has 4 aromatic rings. The molecule has 0 N–H and O–H groups in total. The van der Waals surface area contributed by atoms with E-state index in [0.717, 1.165) is 22.4 Å². The zero-order chi connectivity index (χ0) is 20.5. The summed E-state index contributed by atoms with van der Waals surface area (Å²) in [6, 6.07) is 26.6. The molecule has 0 aliphatic carbocycles. The van der Waals surface area contributed by atoms with Crippen molar-refractivity contribution in [3.63, 3.8) is 0 Å². The van der Waals surface area contributed by atoms with Crippen LogP contribution < -0.4 is 0 Å². The van der Waals surface area contributed by atoms with E-state index < -0.39 is 0 Å². The molecule has 148 valence electrons. The van der Waals surface area contributed by atoms with Gasteiger partial charge in [0.1, 0.15) is 6.04 Å². The summed E-state index contributed by atoms with van der Waals surface area (Å²) in [6.07, 6.45) is 3.63. The minimum Gasteiger partial charge on any atom is -0.330 e. The smallest absolute Gasteiger partial charge is 0.250 e. The highest BCUT2D eigenvalue weighted by Gasteiger charge is 2.34. The van der Waals surface area contributed by atoms with Gasteiger partial charge in [0.15, 0.2) is 0 Å². The molecular formula is C26H23N3O. The number of hydrogen-bond donors (Lipinski definition) is 0. The Hall–Kier alpha value is -3.66. The van der Waals surface area contributed by atoms with E-state index in [9.17, 15) is 4.79 Å². The van der Waals surface area contributed by atoms with Gasteiger partial charge in [0.05, 0.1) is 18.6 Å². The monoisotopic (exact) mass is 393 g/mol. The molecule has 1 aromatic heterocycles. The van der Waals surface area contributed by atoms with Crippen molar-refractivity contribution in [3.05, 3.63) is 114 Å². The Morgan fingerprint density at radius 2 is 1.60 bits per heavy atom. The summed E-state index contributed by atoms with van der Waals surface area (Å²) in [7, 11) is 0. The van der Waals surface area contributed by atoms with Crippen LogP contribution in [0.4, 0.5) is 0 Å². The highest BCUT2D eigenvalue weighted by atomic mass is 16.2. The van der Waals surface area contributed by atoms with Crippen LogP contribution in [0.5, 0.6) is 0 Å². The molecule has 0 saturated carbocycles. The summed E-state index contributed by atoms with van der Waals surface area (Å²) in [5, 5.41) is 0. The van der Waals surface area contributed by atoms with Gasteiger partial charge in [-0.3, -0.25) is 4.79 Å². The molecule has 5 rings (SSSR count). The van der Waals surface area contributed by atoms with Crippen LogP contribution in [-0.2, 0) is 17.9 Å². The number of fused-ring (bicyclic) bond motifs is 1. The van der Waals surface area contributed by atoms with Gasteiger partial charge < -0.3 is 9.47 Å². The molecule has 4 nitrogen and oxygen atoms in total. The van der Waals surface area contributed by atoms with Crippen molar-refractivity contribution in [2.75, 3.05) is 0 Å². The SMILES string of the molecule is Cc1ccc(CN2Cc3cncn3C(c3ccc(-c4ccccc4)cc3)C2=O)cc1. The number of imidazole rings is 1. The van der Waals surface area contributed by atoms with E-state index in [0.29, 0.717) is 13.1 Å². The van der Waals surface area contributed by atoms with Crippen LogP contribution in [0.15, 0.2) is 91.4 Å². The van der Waals surface area contributed by atoms with Crippen molar-refractivity contribution >= 4 is 5.91 Å². The molecule has 30 heavy (non-hydrogen) atoms. The van der Waals surface area contributed by atoms with Crippen LogP contribution in [0.2, 0.25) is 0 Å². The molecular weight excluding hydrogens is 370 g/mol. The average molecular weight is 393 g/mol. The predicted octanol–water partition coefficient (Wildman–Crippen LogP) is 4.99. The molecule has 0 fully saturated rings. The predicted molar refractivity (Wildman–Crippen MR) is 118 cm³/mol. The number of carbonyl (C=O) groups is 1. The van der Waals surface area contributed by atoms with Crippen molar-refractivity contribution in [1.82, 2.24) is 14.5 Å². The maximum Gasteiger partial charge on any atom is 0.250 e. The minimum absolute atomic E-state index is 0.105. The van der Waals surface area contributed by atoms with Crippen LogP contribution in [0.25, 0.3) is 11.1 Å². The number of benzene rings is 3. The van der Waals surface area contributed by atoms with Gasteiger partial charge in [-0.25, -0.2) is 4.98 Å².